The van der Waals surface area contributed by atoms with Gasteiger partial charge in [0.05, 0.1) is 24.2 Å². The summed E-state index contributed by atoms with van der Waals surface area (Å²) in [5, 5.41) is 3.65. The average Bonchev–Trinajstić information content (AvgIpc) is 3.19. The van der Waals surface area contributed by atoms with Gasteiger partial charge in [0, 0.05) is 23.9 Å². The highest BCUT2D eigenvalue weighted by atomic mass is 35.5. The number of ether oxygens (including phenoxy) is 1. The van der Waals surface area contributed by atoms with Gasteiger partial charge in [0.2, 0.25) is 5.91 Å². The van der Waals surface area contributed by atoms with E-state index in [1.807, 2.05) is 24.5 Å². The Morgan fingerprint density at radius 2 is 1.91 bits per heavy atom. The van der Waals surface area contributed by atoms with Crippen LogP contribution < -0.4 is 15.0 Å². The molecule has 180 valence electrons. The van der Waals surface area contributed by atoms with Gasteiger partial charge in [0.15, 0.2) is 5.58 Å². The zero-order chi connectivity index (χ0) is 24.0. The van der Waals surface area contributed by atoms with E-state index in [9.17, 15) is 9.59 Å². The lowest BCUT2D eigenvalue weighted by Gasteiger charge is -2.44. The molecule has 3 heterocycles. The number of nitrogens with one attached hydrogen (secondary N) is 1. The predicted octanol–water partition coefficient (Wildman–Crippen LogP) is 5.46. The van der Waals surface area contributed by atoms with Crippen LogP contribution in [0.25, 0.3) is 11.1 Å². The number of aromatic nitrogens is 1. The van der Waals surface area contributed by atoms with Crippen LogP contribution in [0.1, 0.15) is 61.7 Å². The lowest BCUT2D eigenvalue weighted by atomic mass is 9.92. The molecule has 1 aromatic carbocycles. The third-order valence-electron chi connectivity index (χ3n) is 7.17. The van der Waals surface area contributed by atoms with E-state index in [2.05, 4.69) is 5.32 Å². The van der Waals surface area contributed by atoms with Gasteiger partial charge < -0.3 is 19.0 Å². The number of aryl methyl sites for hydroxylation is 1. The number of hydrogen-bond donors (Lipinski definition) is 1. The Morgan fingerprint density at radius 1 is 1.18 bits per heavy atom. The smallest absolute Gasteiger partial charge is 0.276 e. The van der Waals surface area contributed by atoms with E-state index >= 15 is 0 Å². The number of methoxy groups -OCH3 is 1. The number of furan rings is 1. The third kappa shape index (κ3) is 3.76. The zero-order valence-electron chi connectivity index (χ0n) is 19.8. The summed E-state index contributed by atoms with van der Waals surface area (Å²) in [6, 6.07) is 8.96. The van der Waals surface area contributed by atoms with Crippen LogP contribution in [-0.2, 0) is 11.3 Å². The highest BCUT2D eigenvalue weighted by Crippen LogP contribution is 2.39. The number of amides is 2. The molecule has 1 saturated carbocycles. The van der Waals surface area contributed by atoms with E-state index in [4.69, 9.17) is 20.8 Å². The standard InChI is InChI=1S/C26H30ClN3O4/c1-16-12-20-23(34-16)14-21-24(31)30(18-10-11-22(33-3)19(27)13-18)26(2,15-29(20)21)25(32)28-17-8-6-4-5-7-9-17/h10-14,17H,4-9,15H2,1-3H3,(H,28,32). The molecule has 3 aromatic rings. The molecule has 2 aliphatic rings. The highest BCUT2D eigenvalue weighted by Gasteiger charge is 2.49. The Morgan fingerprint density at radius 3 is 2.59 bits per heavy atom. The molecule has 2 amide bonds. The van der Waals surface area contributed by atoms with E-state index in [1.165, 1.54) is 12.8 Å². The Bertz CT molecular complexity index is 1250. The van der Waals surface area contributed by atoms with Crippen molar-refractivity contribution >= 4 is 40.2 Å². The van der Waals surface area contributed by atoms with Crippen molar-refractivity contribution in [3.05, 3.63) is 46.8 Å². The van der Waals surface area contributed by atoms with Gasteiger partial charge in [0.1, 0.15) is 22.7 Å². The molecule has 34 heavy (non-hydrogen) atoms. The maximum Gasteiger partial charge on any atom is 0.276 e. The molecule has 1 unspecified atom stereocenters. The van der Waals surface area contributed by atoms with Crippen molar-refractivity contribution in [2.24, 2.45) is 0 Å². The lowest BCUT2D eigenvalue weighted by Crippen LogP contribution is -2.65. The maximum atomic E-state index is 13.9. The molecule has 5 rings (SSSR count). The van der Waals surface area contributed by atoms with Gasteiger partial charge in [-0.05, 0) is 44.9 Å². The van der Waals surface area contributed by atoms with Crippen molar-refractivity contribution in [3.8, 4) is 5.75 Å². The summed E-state index contributed by atoms with van der Waals surface area (Å²) in [4.78, 5) is 29.4. The zero-order valence-corrected chi connectivity index (χ0v) is 20.6. The molecule has 0 bridgehead atoms. The Balaban J connectivity index is 1.59. The van der Waals surface area contributed by atoms with E-state index in [0.29, 0.717) is 34.3 Å². The molecule has 8 heteroatoms. The molecular formula is C26H30ClN3O4. The first-order valence-corrected chi connectivity index (χ1v) is 12.3. The van der Waals surface area contributed by atoms with Crippen LogP contribution in [0.2, 0.25) is 5.02 Å². The van der Waals surface area contributed by atoms with Crippen LogP contribution in [0, 0.1) is 6.92 Å². The van der Waals surface area contributed by atoms with Crippen molar-refractivity contribution < 1.29 is 18.7 Å². The first-order chi connectivity index (χ1) is 16.3. The minimum Gasteiger partial charge on any atom is -0.495 e. The van der Waals surface area contributed by atoms with Gasteiger partial charge in [-0.3, -0.25) is 14.5 Å². The molecule has 2 aromatic heterocycles. The summed E-state index contributed by atoms with van der Waals surface area (Å²) in [6.45, 7) is 4.01. The molecule has 0 saturated heterocycles. The van der Waals surface area contributed by atoms with Gasteiger partial charge in [0.25, 0.3) is 5.91 Å². The van der Waals surface area contributed by atoms with Gasteiger partial charge in [-0.25, -0.2) is 0 Å². The Hall–Kier alpha value is -2.93. The first kappa shape index (κ1) is 22.8. The fraction of sp³-hybridized carbons (Fsp3) is 0.462. The van der Waals surface area contributed by atoms with Gasteiger partial charge in [-0.1, -0.05) is 37.3 Å². The first-order valence-electron chi connectivity index (χ1n) is 11.9. The van der Waals surface area contributed by atoms with Crippen LogP contribution in [0.15, 0.2) is 34.7 Å². The SMILES string of the molecule is COc1ccc(N2C(=O)c3cc4oc(C)cc4n3CC2(C)C(=O)NC2CCCCCC2)cc1Cl. The normalized spacial score (nSPS) is 21.4. The second-order valence-corrected chi connectivity index (χ2v) is 10.0. The van der Waals surface area contributed by atoms with Crippen LogP contribution in [0.3, 0.4) is 0 Å². The summed E-state index contributed by atoms with van der Waals surface area (Å²) in [5.74, 6) is 0.847. The maximum absolute atomic E-state index is 13.9. The molecule has 1 N–H and O–H groups in total. The quantitative estimate of drug-likeness (QED) is 0.500. The monoisotopic (exact) mass is 483 g/mol. The van der Waals surface area contributed by atoms with E-state index < -0.39 is 5.54 Å². The second-order valence-electron chi connectivity index (χ2n) is 9.62. The van der Waals surface area contributed by atoms with Crippen LogP contribution >= 0.6 is 11.6 Å². The Kier molecular flexibility index (Phi) is 5.84. The number of benzene rings is 1. The number of carbonyl (C=O) groups is 2. The predicted molar refractivity (Wildman–Crippen MR) is 132 cm³/mol. The third-order valence-corrected chi connectivity index (χ3v) is 7.46. The summed E-state index contributed by atoms with van der Waals surface area (Å²) in [5.41, 5.74) is 1.34. The molecular weight excluding hydrogens is 454 g/mol. The fourth-order valence-corrected chi connectivity index (χ4v) is 5.62. The number of fused-ring (bicyclic) bond motifs is 3. The molecule has 0 spiro atoms. The van der Waals surface area contributed by atoms with E-state index in [0.717, 1.165) is 37.0 Å². The van der Waals surface area contributed by atoms with Crippen LogP contribution in [0.5, 0.6) is 5.75 Å². The fourth-order valence-electron chi connectivity index (χ4n) is 5.36. The van der Waals surface area contributed by atoms with Crippen molar-refractivity contribution in [1.29, 1.82) is 0 Å². The lowest BCUT2D eigenvalue weighted by molar-refractivity contribution is -0.127. The number of anilines is 1. The molecule has 1 aliphatic heterocycles. The van der Waals surface area contributed by atoms with E-state index in [1.54, 1.807) is 36.3 Å². The largest absolute Gasteiger partial charge is 0.495 e. The van der Waals surface area contributed by atoms with Gasteiger partial charge in [-0.15, -0.1) is 0 Å². The minimum absolute atomic E-state index is 0.116. The van der Waals surface area contributed by atoms with Crippen LogP contribution in [-0.4, -0.2) is 35.1 Å². The number of hydrogen-bond acceptors (Lipinski definition) is 4. The average molecular weight is 484 g/mol. The van der Waals surface area contributed by atoms with Gasteiger partial charge >= 0.3 is 0 Å². The Labute approximate surface area is 204 Å². The van der Waals surface area contributed by atoms with Crippen molar-refractivity contribution in [2.75, 3.05) is 12.0 Å². The number of carbonyl (C=O) groups excluding carboxylic acids is 2. The summed E-state index contributed by atoms with van der Waals surface area (Å²) < 4.78 is 13.0. The summed E-state index contributed by atoms with van der Waals surface area (Å²) in [7, 11) is 1.54. The second kappa shape index (κ2) is 8.69. The molecule has 1 atom stereocenters. The number of halogens is 1. The topological polar surface area (TPSA) is 76.7 Å². The molecule has 1 fully saturated rings. The van der Waals surface area contributed by atoms with Crippen LogP contribution in [0.4, 0.5) is 5.69 Å². The molecule has 7 nitrogen and oxygen atoms in total. The minimum atomic E-state index is -1.16. The van der Waals surface area contributed by atoms with Crippen molar-refractivity contribution in [3.63, 3.8) is 0 Å². The number of rotatable bonds is 4. The van der Waals surface area contributed by atoms with Crippen molar-refractivity contribution in [1.82, 2.24) is 9.88 Å². The van der Waals surface area contributed by atoms with Gasteiger partial charge in [-0.2, -0.15) is 0 Å². The highest BCUT2D eigenvalue weighted by molar-refractivity contribution is 6.32. The van der Waals surface area contributed by atoms with E-state index in [-0.39, 0.29) is 17.9 Å². The molecule has 0 radical (unpaired) electrons. The summed E-state index contributed by atoms with van der Waals surface area (Å²) in [6.07, 6.45) is 6.53. The molecule has 1 aliphatic carbocycles. The summed E-state index contributed by atoms with van der Waals surface area (Å²) >= 11 is 6.42. The number of nitrogens with zero attached hydrogens (tertiary/aromatic N) is 2. The van der Waals surface area contributed by atoms with Crippen molar-refractivity contribution in [2.45, 2.75) is 70.5 Å².